The second kappa shape index (κ2) is 5.05. The van der Waals surface area contributed by atoms with Gasteiger partial charge in [0.05, 0.1) is 5.88 Å². The lowest BCUT2D eigenvalue weighted by molar-refractivity contribution is 0.514. The number of hydrogen-bond acceptors (Lipinski definition) is 2. The maximum atomic E-state index is 5.96. The van der Waals surface area contributed by atoms with E-state index in [1.165, 1.54) is 0 Å². The van der Waals surface area contributed by atoms with Gasteiger partial charge in [-0.05, 0) is 30.9 Å². The molecule has 0 radical (unpaired) electrons. The Bertz CT molecular complexity index is 517. The van der Waals surface area contributed by atoms with Gasteiger partial charge in [-0.25, -0.2) is 9.97 Å². The van der Waals surface area contributed by atoms with Crippen LogP contribution in [0.4, 0.5) is 0 Å². The van der Waals surface area contributed by atoms with Crippen LogP contribution in [0.25, 0.3) is 11.2 Å². The monoisotopic (exact) mass is 251 g/mol. The largest absolute Gasteiger partial charge is 0.312 e. The first-order valence-corrected chi connectivity index (χ1v) is 6.53. The van der Waals surface area contributed by atoms with E-state index in [0.717, 1.165) is 35.5 Å². The summed E-state index contributed by atoms with van der Waals surface area (Å²) in [5, 5.41) is 0. The summed E-state index contributed by atoms with van der Waals surface area (Å²) in [5.41, 5.74) is 3.10. The van der Waals surface area contributed by atoms with Crippen molar-refractivity contribution in [1.29, 1.82) is 0 Å². The van der Waals surface area contributed by atoms with Gasteiger partial charge < -0.3 is 4.57 Å². The molecule has 0 aliphatic rings. The van der Waals surface area contributed by atoms with Gasteiger partial charge in [0.15, 0.2) is 5.65 Å². The molecule has 4 heteroatoms. The number of nitrogens with zero attached hydrogens (tertiary/aromatic N) is 3. The molecule has 0 unspecified atom stereocenters. The molecule has 17 heavy (non-hydrogen) atoms. The second-order valence-corrected chi connectivity index (χ2v) is 5.06. The number of alkyl halides is 1. The fourth-order valence-corrected chi connectivity index (χ4v) is 2.11. The van der Waals surface area contributed by atoms with Crippen LogP contribution >= 0.6 is 11.6 Å². The van der Waals surface area contributed by atoms with E-state index in [1.54, 1.807) is 0 Å². The molecule has 2 rings (SSSR count). The maximum Gasteiger partial charge on any atom is 0.160 e. The standard InChI is InChI=1S/C13H18ClN3/c1-9(2)5-7-17-11(8-14)16-12-10(3)4-6-15-13(12)17/h4,6,9H,5,7-8H2,1-3H3. The molecule has 2 heterocycles. The first kappa shape index (κ1) is 12.4. The summed E-state index contributed by atoms with van der Waals surface area (Å²) >= 11 is 5.96. The van der Waals surface area contributed by atoms with Crippen LogP contribution in [0.3, 0.4) is 0 Å². The Hall–Kier alpha value is -1.09. The van der Waals surface area contributed by atoms with Crippen LogP contribution in [-0.2, 0) is 12.4 Å². The highest BCUT2D eigenvalue weighted by Crippen LogP contribution is 2.19. The van der Waals surface area contributed by atoms with Crippen molar-refractivity contribution < 1.29 is 0 Å². The summed E-state index contributed by atoms with van der Waals surface area (Å²) in [4.78, 5) is 9.01. The van der Waals surface area contributed by atoms with Crippen molar-refractivity contribution in [2.75, 3.05) is 0 Å². The lowest BCUT2D eigenvalue weighted by Crippen LogP contribution is -2.05. The minimum absolute atomic E-state index is 0.438. The number of rotatable bonds is 4. The van der Waals surface area contributed by atoms with Gasteiger partial charge in [0.1, 0.15) is 11.3 Å². The number of fused-ring (bicyclic) bond motifs is 1. The first-order chi connectivity index (χ1) is 8.13. The van der Waals surface area contributed by atoms with Crippen molar-refractivity contribution in [3.63, 3.8) is 0 Å². The zero-order chi connectivity index (χ0) is 12.4. The van der Waals surface area contributed by atoms with E-state index >= 15 is 0 Å². The van der Waals surface area contributed by atoms with Gasteiger partial charge in [0.2, 0.25) is 0 Å². The van der Waals surface area contributed by atoms with E-state index in [1.807, 2.05) is 12.3 Å². The molecule has 0 fully saturated rings. The fraction of sp³-hybridized carbons (Fsp3) is 0.538. The van der Waals surface area contributed by atoms with Crippen LogP contribution in [0.5, 0.6) is 0 Å². The van der Waals surface area contributed by atoms with E-state index in [4.69, 9.17) is 11.6 Å². The summed E-state index contributed by atoms with van der Waals surface area (Å²) in [6.45, 7) is 7.44. The third-order valence-corrected chi connectivity index (χ3v) is 3.20. The number of aromatic nitrogens is 3. The van der Waals surface area contributed by atoms with Crippen molar-refractivity contribution in [2.45, 2.75) is 39.6 Å². The van der Waals surface area contributed by atoms with Crippen molar-refractivity contribution in [3.8, 4) is 0 Å². The molecule has 0 saturated carbocycles. The molecule has 0 aromatic carbocycles. The molecule has 0 aliphatic heterocycles. The first-order valence-electron chi connectivity index (χ1n) is 6.00. The summed E-state index contributed by atoms with van der Waals surface area (Å²) in [5.74, 6) is 2.03. The summed E-state index contributed by atoms with van der Waals surface area (Å²) in [6, 6.07) is 1.99. The molecule has 3 nitrogen and oxygen atoms in total. The van der Waals surface area contributed by atoms with E-state index in [2.05, 4.69) is 35.3 Å². The molecule has 2 aromatic heterocycles. The maximum absolute atomic E-state index is 5.96. The molecule has 0 amide bonds. The molecule has 2 aromatic rings. The minimum Gasteiger partial charge on any atom is -0.312 e. The Morgan fingerprint density at radius 1 is 1.41 bits per heavy atom. The number of halogens is 1. The van der Waals surface area contributed by atoms with E-state index in [9.17, 15) is 0 Å². The highest BCUT2D eigenvalue weighted by molar-refractivity contribution is 6.16. The third kappa shape index (κ3) is 2.44. The molecular weight excluding hydrogens is 234 g/mol. The Morgan fingerprint density at radius 3 is 2.82 bits per heavy atom. The third-order valence-electron chi connectivity index (χ3n) is 2.96. The number of pyridine rings is 1. The SMILES string of the molecule is Cc1ccnc2c1nc(CCl)n2CCC(C)C. The van der Waals surface area contributed by atoms with Gasteiger partial charge in [-0.3, -0.25) is 0 Å². The topological polar surface area (TPSA) is 30.7 Å². The number of aryl methyl sites for hydroxylation is 2. The van der Waals surface area contributed by atoms with Crippen LogP contribution in [0, 0.1) is 12.8 Å². The highest BCUT2D eigenvalue weighted by Gasteiger charge is 2.12. The summed E-state index contributed by atoms with van der Waals surface area (Å²) in [6.07, 6.45) is 2.95. The van der Waals surface area contributed by atoms with Crippen LogP contribution in [0.15, 0.2) is 12.3 Å². The average Bonchev–Trinajstić information content (AvgIpc) is 2.66. The van der Waals surface area contributed by atoms with Gasteiger partial charge in [-0.2, -0.15) is 0 Å². The molecular formula is C13H18ClN3. The van der Waals surface area contributed by atoms with Crippen LogP contribution in [0.1, 0.15) is 31.7 Å². The highest BCUT2D eigenvalue weighted by atomic mass is 35.5. The van der Waals surface area contributed by atoms with Crippen molar-refractivity contribution in [2.24, 2.45) is 5.92 Å². The van der Waals surface area contributed by atoms with Gasteiger partial charge >= 0.3 is 0 Å². The number of hydrogen-bond donors (Lipinski definition) is 0. The van der Waals surface area contributed by atoms with E-state index in [-0.39, 0.29) is 0 Å². The Balaban J connectivity index is 2.47. The number of imidazole rings is 1. The van der Waals surface area contributed by atoms with Crippen molar-refractivity contribution in [3.05, 3.63) is 23.7 Å². The Kier molecular flexibility index (Phi) is 3.67. The van der Waals surface area contributed by atoms with E-state index < -0.39 is 0 Å². The van der Waals surface area contributed by atoms with Gasteiger partial charge in [-0.15, -0.1) is 11.6 Å². The fourth-order valence-electron chi connectivity index (χ4n) is 1.91. The van der Waals surface area contributed by atoms with Gasteiger partial charge in [0.25, 0.3) is 0 Å². The van der Waals surface area contributed by atoms with Crippen molar-refractivity contribution in [1.82, 2.24) is 14.5 Å². The molecule has 0 bridgehead atoms. The summed E-state index contributed by atoms with van der Waals surface area (Å²) < 4.78 is 2.15. The minimum atomic E-state index is 0.438. The molecule has 0 N–H and O–H groups in total. The quantitative estimate of drug-likeness (QED) is 0.779. The molecule has 0 spiro atoms. The molecule has 92 valence electrons. The van der Waals surface area contributed by atoms with Crippen LogP contribution in [0.2, 0.25) is 0 Å². The Labute approximate surface area is 107 Å². The second-order valence-electron chi connectivity index (χ2n) is 4.80. The summed E-state index contributed by atoms with van der Waals surface area (Å²) in [7, 11) is 0. The van der Waals surface area contributed by atoms with Gasteiger partial charge in [0, 0.05) is 12.7 Å². The predicted octanol–water partition coefficient (Wildman–Crippen LogP) is 3.52. The molecule has 0 saturated heterocycles. The average molecular weight is 252 g/mol. The lowest BCUT2D eigenvalue weighted by atomic mass is 10.1. The zero-order valence-corrected chi connectivity index (χ0v) is 11.3. The zero-order valence-electron chi connectivity index (χ0n) is 10.6. The van der Waals surface area contributed by atoms with Crippen LogP contribution in [-0.4, -0.2) is 14.5 Å². The van der Waals surface area contributed by atoms with Crippen LogP contribution < -0.4 is 0 Å². The smallest absolute Gasteiger partial charge is 0.160 e. The molecule has 0 atom stereocenters. The normalized spacial score (nSPS) is 11.6. The van der Waals surface area contributed by atoms with Crippen molar-refractivity contribution >= 4 is 22.8 Å². The Morgan fingerprint density at radius 2 is 2.18 bits per heavy atom. The van der Waals surface area contributed by atoms with E-state index in [0.29, 0.717) is 11.8 Å². The molecule has 0 aliphatic carbocycles. The van der Waals surface area contributed by atoms with Gasteiger partial charge in [-0.1, -0.05) is 13.8 Å². The lowest BCUT2D eigenvalue weighted by Gasteiger charge is -2.08. The predicted molar refractivity (Wildman–Crippen MR) is 71.3 cm³/mol.